The van der Waals surface area contributed by atoms with Crippen molar-refractivity contribution < 1.29 is 9.53 Å². The van der Waals surface area contributed by atoms with E-state index in [9.17, 15) is 4.79 Å². The Morgan fingerprint density at radius 2 is 2.13 bits per heavy atom. The molecule has 0 radical (unpaired) electrons. The summed E-state index contributed by atoms with van der Waals surface area (Å²) in [4.78, 5) is 11.7. The second kappa shape index (κ2) is 6.20. The van der Waals surface area contributed by atoms with Gasteiger partial charge in [-0.05, 0) is 0 Å². The van der Waals surface area contributed by atoms with Crippen molar-refractivity contribution in [3.63, 3.8) is 0 Å². The van der Waals surface area contributed by atoms with Crippen molar-refractivity contribution in [1.82, 2.24) is 5.32 Å². The van der Waals surface area contributed by atoms with E-state index in [-0.39, 0.29) is 11.4 Å². The third kappa shape index (κ3) is 5.18. The molecule has 4 nitrogen and oxygen atoms in total. The Kier molecular flexibility index (Phi) is 5.65. The minimum Gasteiger partial charge on any atom is -0.387 e. The molecule has 0 unspecified atom stereocenters. The smallest absolute Gasteiger partial charge is 0.180 e. The number of Topliss-reactive ketones (excluding diaryl/α,β-unsaturated/α-hetero) is 1. The molecule has 4 heteroatoms. The monoisotopic (exact) mass is 210 g/mol. The van der Waals surface area contributed by atoms with Gasteiger partial charge >= 0.3 is 0 Å². The average Bonchev–Trinajstić information content (AvgIpc) is 2.16. The fraction of sp³-hybridized carbons (Fsp3) is 0.636. The molecule has 0 spiro atoms. The van der Waals surface area contributed by atoms with E-state index in [4.69, 9.17) is 10.00 Å². The Hall–Kier alpha value is -1.34. The van der Waals surface area contributed by atoms with E-state index in [1.54, 1.807) is 27.9 Å². The molecule has 0 fully saturated rings. The third-order valence-electron chi connectivity index (χ3n) is 1.74. The zero-order valence-electron chi connectivity index (χ0n) is 9.76. The first-order valence-electron chi connectivity index (χ1n) is 4.81. The first-order chi connectivity index (χ1) is 6.93. The first kappa shape index (κ1) is 13.7. The highest BCUT2D eigenvalue weighted by atomic mass is 16.5. The average molecular weight is 210 g/mol. The molecule has 15 heavy (non-hydrogen) atoms. The number of carbonyl (C=O) groups is 1. The summed E-state index contributed by atoms with van der Waals surface area (Å²) in [7, 11) is 1.59. The molecule has 0 aliphatic rings. The van der Waals surface area contributed by atoms with Crippen LogP contribution in [-0.2, 0) is 9.53 Å². The highest BCUT2D eigenvalue weighted by Crippen LogP contribution is 2.18. The second-order valence-electron chi connectivity index (χ2n) is 4.20. The van der Waals surface area contributed by atoms with Crippen molar-refractivity contribution in [3.05, 3.63) is 11.8 Å². The van der Waals surface area contributed by atoms with E-state index in [2.05, 4.69) is 5.32 Å². The number of ether oxygens (including phenoxy) is 1. The van der Waals surface area contributed by atoms with Crippen molar-refractivity contribution in [2.45, 2.75) is 20.8 Å². The summed E-state index contributed by atoms with van der Waals surface area (Å²) in [5.74, 6) is -0.157. The van der Waals surface area contributed by atoms with E-state index in [0.29, 0.717) is 13.2 Å². The Labute approximate surface area is 90.9 Å². The van der Waals surface area contributed by atoms with Gasteiger partial charge in [-0.15, -0.1) is 0 Å². The quantitative estimate of drug-likeness (QED) is 0.421. The largest absolute Gasteiger partial charge is 0.387 e. The number of hydrogen-bond donors (Lipinski definition) is 1. The predicted octanol–water partition coefficient (Wildman–Crippen LogP) is 1.25. The van der Waals surface area contributed by atoms with Gasteiger partial charge in [0.2, 0.25) is 0 Å². The minimum atomic E-state index is -0.523. The van der Waals surface area contributed by atoms with Gasteiger partial charge in [0.15, 0.2) is 5.78 Å². The number of nitrogens with one attached hydrogen (secondary N) is 1. The van der Waals surface area contributed by atoms with Gasteiger partial charge in [0.25, 0.3) is 0 Å². The van der Waals surface area contributed by atoms with Crippen LogP contribution in [0.3, 0.4) is 0 Å². The zero-order valence-corrected chi connectivity index (χ0v) is 9.76. The molecule has 84 valence electrons. The Balaban J connectivity index is 4.38. The number of rotatable bonds is 5. The molecule has 0 heterocycles. The lowest BCUT2D eigenvalue weighted by Crippen LogP contribution is -2.23. The fourth-order valence-electron chi connectivity index (χ4n) is 0.888. The highest BCUT2D eigenvalue weighted by molar-refractivity contribution is 6.02. The van der Waals surface area contributed by atoms with Crippen LogP contribution in [0.4, 0.5) is 0 Å². The number of carbonyl (C=O) groups excluding carboxylic acids is 1. The summed E-state index contributed by atoms with van der Waals surface area (Å²) >= 11 is 0. The summed E-state index contributed by atoms with van der Waals surface area (Å²) in [5.41, 5.74) is -0.372. The molecular weight excluding hydrogens is 192 g/mol. The summed E-state index contributed by atoms with van der Waals surface area (Å²) in [6.45, 7) is 6.49. The van der Waals surface area contributed by atoms with Gasteiger partial charge in [0.05, 0.1) is 6.61 Å². The van der Waals surface area contributed by atoms with Crippen LogP contribution in [-0.4, -0.2) is 26.0 Å². The van der Waals surface area contributed by atoms with Crippen LogP contribution in [0, 0.1) is 16.7 Å². The Bertz CT molecular complexity index is 282. The third-order valence-corrected chi connectivity index (χ3v) is 1.74. The number of nitriles is 1. The van der Waals surface area contributed by atoms with Crippen molar-refractivity contribution >= 4 is 5.78 Å². The SMILES string of the molecule is COCCN/C=C(\C#N)C(=O)C(C)(C)C. The van der Waals surface area contributed by atoms with Gasteiger partial charge in [-0.25, -0.2) is 0 Å². The fourth-order valence-corrected chi connectivity index (χ4v) is 0.888. The molecule has 0 saturated carbocycles. The van der Waals surface area contributed by atoms with Gasteiger partial charge in [0.1, 0.15) is 11.6 Å². The lowest BCUT2D eigenvalue weighted by molar-refractivity contribution is -0.122. The maximum absolute atomic E-state index is 11.7. The summed E-state index contributed by atoms with van der Waals surface area (Å²) < 4.78 is 4.83. The lowest BCUT2D eigenvalue weighted by atomic mass is 9.87. The normalized spacial score (nSPS) is 12.1. The number of ketones is 1. The topological polar surface area (TPSA) is 62.1 Å². The van der Waals surface area contributed by atoms with Crippen molar-refractivity contribution in [2.24, 2.45) is 5.41 Å². The maximum Gasteiger partial charge on any atom is 0.180 e. The van der Waals surface area contributed by atoms with Crippen molar-refractivity contribution in [1.29, 1.82) is 5.26 Å². The van der Waals surface area contributed by atoms with Crippen LogP contribution in [0.5, 0.6) is 0 Å². The minimum absolute atomic E-state index is 0.151. The van der Waals surface area contributed by atoms with E-state index >= 15 is 0 Å². The van der Waals surface area contributed by atoms with Crippen molar-refractivity contribution in [2.75, 3.05) is 20.3 Å². The molecule has 0 aromatic heterocycles. The van der Waals surface area contributed by atoms with Gasteiger partial charge in [-0.2, -0.15) is 5.26 Å². The Morgan fingerprint density at radius 3 is 2.53 bits per heavy atom. The van der Waals surface area contributed by atoms with Gasteiger partial charge in [0, 0.05) is 25.3 Å². The van der Waals surface area contributed by atoms with Crippen LogP contribution in [0.1, 0.15) is 20.8 Å². The molecule has 0 atom stereocenters. The second-order valence-corrected chi connectivity index (χ2v) is 4.20. The van der Waals surface area contributed by atoms with Crippen LogP contribution in [0.2, 0.25) is 0 Å². The number of hydrogen-bond acceptors (Lipinski definition) is 4. The number of methoxy groups -OCH3 is 1. The van der Waals surface area contributed by atoms with Crippen LogP contribution in [0.25, 0.3) is 0 Å². The standard InChI is InChI=1S/C11H18N2O2/c1-11(2,3)10(14)9(7-12)8-13-5-6-15-4/h8,13H,5-6H2,1-4H3/b9-8+. The molecule has 0 amide bonds. The highest BCUT2D eigenvalue weighted by Gasteiger charge is 2.24. The van der Waals surface area contributed by atoms with E-state index in [1.165, 1.54) is 6.20 Å². The lowest BCUT2D eigenvalue weighted by Gasteiger charge is -2.15. The van der Waals surface area contributed by atoms with E-state index in [0.717, 1.165) is 0 Å². The number of nitrogens with zero attached hydrogens (tertiary/aromatic N) is 1. The van der Waals surface area contributed by atoms with E-state index in [1.807, 2.05) is 6.07 Å². The molecule has 0 aliphatic carbocycles. The summed E-state index contributed by atoms with van der Waals surface area (Å²) in [6, 6.07) is 1.89. The van der Waals surface area contributed by atoms with Crippen LogP contribution >= 0.6 is 0 Å². The van der Waals surface area contributed by atoms with E-state index < -0.39 is 5.41 Å². The molecule has 0 aromatic carbocycles. The molecule has 0 aromatic rings. The molecule has 0 aliphatic heterocycles. The molecule has 0 rings (SSSR count). The zero-order chi connectivity index (χ0) is 11.9. The molecule has 1 N–H and O–H groups in total. The van der Waals surface area contributed by atoms with Crippen LogP contribution in [0.15, 0.2) is 11.8 Å². The number of allylic oxidation sites excluding steroid dienone is 1. The first-order valence-corrected chi connectivity index (χ1v) is 4.81. The van der Waals surface area contributed by atoms with Gasteiger partial charge in [-0.1, -0.05) is 20.8 Å². The van der Waals surface area contributed by atoms with Crippen molar-refractivity contribution in [3.8, 4) is 6.07 Å². The van der Waals surface area contributed by atoms with Gasteiger partial charge < -0.3 is 10.1 Å². The molecule has 0 bridgehead atoms. The summed E-state index contributed by atoms with van der Waals surface area (Å²) in [5, 5.41) is 11.7. The van der Waals surface area contributed by atoms with Gasteiger partial charge in [-0.3, -0.25) is 4.79 Å². The predicted molar refractivity (Wildman–Crippen MR) is 58.0 cm³/mol. The maximum atomic E-state index is 11.7. The molecule has 0 saturated heterocycles. The molecular formula is C11H18N2O2. The Morgan fingerprint density at radius 1 is 1.53 bits per heavy atom. The van der Waals surface area contributed by atoms with Crippen LogP contribution < -0.4 is 5.32 Å². The summed E-state index contributed by atoms with van der Waals surface area (Å²) in [6.07, 6.45) is 1.45.